The van der Waals surface area contributed by atoms with Gasteiger partial charge in [0.15, 0.2) is 6.04 Å². The van der Waals surface area contributed by atoms with Gasteiger partial charge in [0, 0.05) is 6.42 Å². The van der Waals surface area contributed by atoms with Crippen molar-refractivity contribution in [3.05, 3.63) is 0 Å². The first-order chi connectivity index (χ1) is 9.31. The third-order valence-corrected chi connectivity index (χ3v) is 2.23. The van der Waals surface area contributed by atoms with Crippen LogP contribution in [0.25, 0.3) is 0 Å². The van der Waals surface area contributed by atoms with Gasteiger partial charge in [0.1, 0.15) is 6.61 Å². The summed E-state index contributed by atoms with van der Waals surface area (Å²) in [5, 5.41) is 10.7. The molecule has 2 unspecified atom stereocenters. The number of rotatable bonds is 8. The highest BCUT2D eigenvalue weighted by Gasteiger charge is 2.26. The molecule has 0 saturated heterocycles. The number of hydrogen-bond donors (Lipinski definition) is 3. The summed E-state index contributed by atoms with van der Waals surface area (Å²) < 4.78 is 9.16. The second-order valence-corrected chi connectivity index (χ2v) is 3.83. The number of carboxylic acid groups (broad SMARTS) is 1. The first-order valence-corrected chi connectivity index (χ1v) is 5.83. The molecule has 0 aliphatic carbocycles. The maximum atomic E-state index is 11.6. The zero-order chi connectivity index (χ0) is 15.7. The van der Waals surface area contributed by atoms with Gasteiger partial charge in [-0.15, -0.1) is 0 Å². The average molecular weight is 290 g/mol. The van der Waals surface area contributed by atoms with Gasteiger partial charge in [0.2, 0.25) is 5.91 Å². The van der Waals surface area contributed by atoms with E-state index in [-0.39, 0.29) is 6.42 Å². The first kappa shape index (κ1) is 17.8. The summed E-state index contributed by atoms with van der Waals surface area (Å²) in [4.78, 5) is 44.4. The Hall–Kier alpha value is -2.16. The molecule has 0 bridgehead atoms. The van der Waals surface area contributed by atoms with Gasteiger partial charge in [0.25, 0.3) is 0 Å². The van der Waals surface area contributed by atoms with E-state index in [4.69, 9.17) is 15.6 Å². The molecule has 4 N–H and O–H groups in total. The van der Waals surface area contributed by atoms with Gasteiger partial charge < -0.3 is 25.6 Å². The molecule has 0 aromatic rings. The third kappa shape index (κ3) is 6.69. The Balaban J connectivity index is 4.56. The summed E-state index contributed by atoms with van der Waals surface area (Å²) in [6.07, 6.45) is -0.477. The SMILES string of the molecule is CCC(=O)OCC(NC(=O)C(N)CC(=O)O)C(=O)OC. The molecule has 20 heavy (non-hydrogen) atoms. The minimum atomic E-state index is -1.32. The zero-order valence-electron chi connectivity index (χ0n) is 11.3. The summed E-state index contributed by atoms with van der Waals surface area (Å²) in [6.45, 7) is 1.15. The molecule has 1 amide bonds. The van der Waals surface area contributed by atoms with Gasteiger partial charge in [-0.25, -0.2) is 4.79 Å². The van der Waals surface area contributed by atoms with Crippen molar-refractivity contribution in [2.75, 3.05) is 13.7 Å². The molecular weight excluding hydrogens is 272 g/mol. The second kappa shape index (κ2) is 8.86. The van der Waals surface area contributed by atoms with Crippen LogP contribution >= 0.6 is 0 Å². The van der Waals surface area contributed by atoms with Gasteiger partial charge in [-0.3, -0.25) is 14.4 Å². The maximum Gasteiger partial charge on any atom is 0.331 e. The molecule has 0 aliphatic rings. The molecule has 9 nitrogen and oxygen atoms in total. The Kier molecular flexibility index (Phi) is 7.90. The number of hydrogen-bond acceptors (Lipinski definition) is 7. The molecule has 2 atom stereocenters. The minimum Gasteiger partial charge on any atom is -0.481 e. The monoisotopic (exact) mass is 290 g/mol. The van der Waals surface area contributed by atoms with Crippen LogP contribution in [-0.2, 0) is 28.7 Å². The van der Waals surface area contributed by atoms with Crippen molar-refractivity contribution >= 4 is 23.8 Å². The summed E-state index contributed by atoms with van der Waals surface area (Å²) in [5.41, 5.74) is 5.34. The zero-order valence-corrected chi connectivity index (χ0v) is 11.3. The molecule has 0 aromatic carbocycles. The van der Waals surface area contributed by atoms with E-state index in [0.29, 0.717) is 0 Å². The molecular formula is C11H18N2O7. The smallest absolute Gasteiger partial charge is 0.331 e. The third-order valence-electron chi connectivity index (χ3n) is 2.23. The fraction of sp³-hybridized carbons (Fsp3) is 0.636. The summed E-state index contributed by atoms with van der Waals surface area (Å²) in [7, 11) is 1.10. The van der Waals surface area contributed by atoms with Crippen molar-refractivity contribution in [2.24, 2.45) is 5.73 Å². The molecule has 0 saturated carbocycles. The maximum absolute atomic E-state index is 11.6. The van der Waals surface area contributed by atoms with E-state index in [0.717, 1.165) is 7.11 Å². The van der Waals surface area contributed by atoms with Crippen LogP contribution in [0.15, 0.2) is 0 Å². The minimum absolute atomic E-state index is 0.111. The van der Waals surface area contributed by atoms with Crippen molar-refractivity contribution < 1.29 is 33.8 Å². The van der Waals surface area contributed by atoms with E-state index >= 15 is 0 Å². The van der Waals surface area contributed by atoms with E-state index in [1.165, 1.54) is 0 Å². The Morgan fingerprint density at radius 3 is 2.35 bits per heavy atom. The molecule has 9 heteroatoms. The molecule has 0 rings (SSSR count). The van der Waals surface area contributed by atoms with Crippen molar-refractivity contribution in [3.63, 3.8) is 0 Å². The number of ether oxygens (including phenoxy) is 2. The van der Waals surface area contributed by atoms with Crippen LogP contribution in [0.2, 0.25) is 0 Å². The average Bonchev–Trinajstić information content (AvgIpc) is 2.40. The summed E-state index contributed by atoms with van der Waals surface area (Å²) in [6, 6.07) is -2.55. The standard InChI is InChI=1S/C11H18N2O7/c1-3-9(16)20-5-7(11(18)19-2)13-10(17)6(12)4-8(14)15/h6-7H,3-5,12H2,1-2H3,(H,13,17)(H,14,15). The molecule has 0 aromatic heterocycles. The quantitative estimate of drug-likeness (QED) is 0.453. The Morgan fingerprint density at radius 1 is 1.30 bits per heavy atom. The van der Waals surface area contributed by atoms with Crippen LogP contribution in [0.4, 0.5) is 0 Å². The predicted molar refractivity (Wildman–Crippen MR) is 65.4 cm³/mol. The Labute approximate surface area is 115 Å². The van der Waals surface area contributed by atoms with Gasteiger partial charge >= 0.3 is 17.9 Å². The van der Waals surface area contributed by atoms with Crippen molar-refractivity contribution in [1.82, 2.24) is 5.32 Å². The number of nitrogens with two attached hydrogens (primary N) is 1. The number of carboxylic acids is 1. The number of nitrogens with one attached hydrogen (secondary N) is 1. The van der Waals surface area contributed by atoms with Gasteiger partial charge in [0.05, 0.1) is 19.6 Å². The normalized spacial score (nSPS) is 12.9. The van der Waals surface area contributed by atoms with Crippen LogP contribution in [-0.4, -0.2) is 54.7 Å². The number of carbonyl (C=O) groups excluding carboxylic acids is 3. The Morgan fingerprint density at radius 2 is 1.90 bits per heavy atom. The van der Waals surface area contributed by atoms with E-state index in [2.05, 4.69) is 10.1 Å². The fourth-order valence-corrected chi connectivity index (χ4v) is 1.15. The van der Waals surface area contributed by atoms with E-state index < -0.39 is 48.9 Å². The number of amides is 1. The van der Waals surface area contributed by atoms with E-state index in [9.17, 15) is 19.2 Å². The van der Waals surface area contributed by atoms with Crippen LogP contribution in [0.3, 0.4) is 0 Å². The van der Waals surface area contributed by atoms with Crippen LogP contribution in [0.1, 0.15) is 19.8 Å². The predicted octanol–water partition coefficient (Wildman–Crippen LogP) is -1.60. The molecule has 0 aliphatic heterocycles. The van der Waals surface area contributed by atoms with Crippen LogP contribution in [0, 0.1) is 0 Å². The molecule has 114 valence electrons. The largest absolute Gasteiger partial charge is 0.481 e. The highest BCUT2D eigenvalue weighted by atomic mass is 16.5. The lowest BCUT2D eigenvalue weighted by molar-refractivity contribution is -0.152. The van der Waals surface area contributed by atoms with Crippen LogP contribution in [0.5, 0.6) is 0 Å². The van der Waals surface area contributed by atoms with Gasteiger partial charge in [-0.1, -0.05) is 6.92 Å². The van der Waals surface area contributed by atoms with Gasteiger partial charge in [-0.2, -0.15) is 0 Å². The second-order valence-electron chi connectivity index (χ2n) is 3.83. The van der Waals surface area contributed by atoms with Crippen LogP contribution < -0.4 is 11.1 Å². The molecule has 0 fully saturated rings. The molecule has 0 spiro atoms. The lowest BCUT2D eigenvalue weighted by Gasteiger charge is -2.18. The number of esters is 2. The fourth-order valence-electron chi connectivity index (χ4n) is 1.15. The lowest BCUT2D eigenvalue weighted by atomic mass is 10.2. The highest BCUT2D eigenvalue weighted by Crippen LogP contribution is 1.96. The topological polar surface area (TPSA) is 145 Å². The van der Waals surface area contributed by atoms with Crippen molar-refractivity contribution in [2.45, 2.75) is 31.8 Å². The summed E-state index contributed by atoms with van der Waals surface area (Å²) in [5.74, 6) is -3.48. The van der Waals surface area contributed by atoms with Crippen molar-refractivity contribution in [1.29, 1.82) is 0 Å². The first-order valence-electron chi connectivity index (χ1n) is 5.83. The van der Waals surface area contributed by atoms with E-state index in [1.54, 1.807) is 6.92 Å². The number of aliphatic carboxylic acids is 1. The highest BCUT2D eigenvalue weighted by molar-refractivity contribution is 5.89. The number of carbonyl (C=O) groups is 4. The Bertz CT molecular complexity index is 383. The lowest BCUT2D eigenvalue weighted by Crippen LogP contribution is -2.51. The molecule has 0 heterocycles. The van der Waals surface area contributed by atoms with Gasteiger partial charge in [-0.05, 0) is 0 Å². The van der Waals surface area contributed by atoms with E-state index in [1.807, 2.05) is 0 Å². The van der Waals surface area contributed by atoms with Crippen molar-refractivity contribution in [3.8, 4) is 0 Å². The molecule has 0 radical (unpaired) electrons. The summed E-state index contributed by atoms with van der Waals surface area (Å²) >= 11 is 0. The number of methoxy groups -OCH3 is 1.